The summed E-state index contributed by atoms with van der Waals surface area (Å²) in [6.45, 7) is 2.04. The average molecular weight is 282 g/mol. The van der Waals surface area contributed by atoms with Crippen LogP contribution in [0.15, 0.2) is 54.7 Å². The monoisotopic (exact) mass is 282 g/mol. The van der Waals surface area contributed by atoms with Gasteiger partial charge in [0.2, 0.25) is 0 Å². The van der Waals surface area contributed by atoms with Crippen molar-refractivity contribution in [2.45, 2.75) is 12.5 Å². The van der Waals surface area contributed by atoms with Crippen LogP contribution in [0.1, 0.15) is 17.2 Å². The third kappa shape index (κ3) is 3.11. The van der Waals surface area contributed by atoms with Crippen LogP contribution in [0.2, 0.25) is 0 Å². The highest BCUT2D eigenvalue weighted by molar-refractivity contribution is 5.72. The molecule has 1 aliphatic rings. The van der Waals surface area contributed by atoms with Crippen molar-refractivity contribution in [2.24, 2.45) is 5.92 Å². The number of nitrogens with zero attached hydrogens (tertiary/aromatic N) is 2. The highest BCUT2D eigenvalue weighted by atomic mass is 16.4. The van der Waals surface area contributed by atoms with Crippen molar-refractivity contribution in [3.8, 4) is 0 Å². The van der Waals surface area contributed by atoms with Gasteiger partial charge in [0.05, 0.1) is 11.6 Å². The van der Waals surface area contributed by atoms with Gasteiger partial charge in [-0.05, 0) is 17.7 Å². The number of likely N-dealkylation sites (tertiary alicyclic amines) is 1. The van der Waals surface area contributed by atoms with Crippen molar-refractivity contribution in [3.05, 3.63) is 66.0 Å². The van der Waals surface area contributed by atoms with Gasteiger partial charge in [0.1, 0.15) is 0 Å². The lowest BCUT2D eigenvalue weighted by Crippen LogP contribution is -2.23. The van der Waals surface area contributed by atoms with Crippen molar-refractivity contribution >= 4 is 5.97 Å². The SMILES string of the molecule is O=C(O)[C@@H]1CN(Cc2ccccn2)C[C@H]1c1ccccc1. The summed E-state index contributed by atoms with van der Waals surface area (Å²) in [5.74, 6) is -1.02. The number of benzene rings is 1. The molecule has 3 rings (SSSR count). The Kier molecular flexibility index (Phi) is 3.97. The second-order valence-electron chi connectivity index (χ2n) is 5.48. The van der Waals surface area contributed by atoms with Crippen molar-refractivity contribution in [2.75, 3.05) is 13.1 Å². The Morgan fingerprint density at radius 2 is 1.90 bits per heavy atom. The summed E-state index contributed by atoms with van der Waals surface area (Å²) >= 11 is 0. The zero-order valence-corrected chi connectivity index (χ0v) is 11.7. The number of carboxylic acids is 1. The fourth-order valence-electron chi connectivity index (χ4n) is 3.02. The fraction of sp³-hybridized carbons (Fsp3) is 0.294. The van der Waals surface area contributed by atoms with Gasteiger partial charge < -0.3 is 5.11 Å². The van der Waals surface area contributed by atoms with Crippen LogP contribution < -0.4 is 0 Å². The third-order valence-corrected chi connectivity index (χ3v) is 4.05. The topological polar surface area (TPSA) is 53.4 Å². The number of hydrogen-bond donors (Lipinski definition) is 1. The Labute approximate surface area is 124 Å². The second kappa shape index (κ2) is 6.06. The van der Waals surface area contributed by atoms with Gasteiger partial charge >= 0.3 is 5.97 Å². The zero-order valence-electron chi connectivity index (χ0n) is 11.7. The molecule has 0 radical (unpaired) electrons. The van der Waals surface area contributed by atoms with Gasteiger partial charge in [-0.15, -0.1) is 0 Å². The molecule has 0 amide bonds. The lowest BCUT2D eigenvalue weighted by Gasteiger charge is -2.15. The molecule has 108 valence electrons. The first kappa shape index (κ1) is 13.8. The molecule has 1 N–H and O–H groups in total. The van der Waals surface area contributed by atoms with E-state index in [0.29, 0.717) is 13.1 Å². The van der Waals surface area contributed by atoms with Crippen LogP contribution in [0.3, 0.4) is 0 Å². The van der Waals surface area contributed by atoms with Crippen LogP contribution >= 0.6 is 0 Å². The van der Waals surface area contributed by atoms with E-state index in [2.05, 4.69) is 9.88 Å². The Morgan fingerprint density at radius 1 is 1.14 bits per heavy atom. The van der Waals surface area contributed by atoms with Crippen molar-refractivity contribution in [1.82, 2.24) is 9.88 Å². The molecule has 0 aliphatic carbocycles. The molecule has 0 spiro atoms. The smallest absolute Gasteiger partial charge is 0.308 e. The van der Waals surface area contributed by atoms with Gasteiger partial charge in [0, 0.05) is 31.7 Å². The number of aliphatic carboxylic acids is 1. The lowest BCUT2D eigenvalue weighted by molar-refractivity contribution is -0.141. The summed E-state index contributed by atoms with van der Waals surface area (Å²) < 4.78 is 0. The largest absolute Gasteiger partial charge is 0.481 e. The minimum atomic E-state index is -0.715. The molecule has 4 heteroatoms. The van der Waals surface area contributed by atoms with Crippen LogP contribution in [-0.4, -0.2) is 34.0 Å². The van der Waals surface area contributed by atoms with E-state index in [1.54, 1.807) is 6.20 Å². The summed E-state index contributed by atoms with van der Waals surface area (Å²) in [7, 11) is 0. The van der Waals surface area contributed by atoms with Crippen LogP contribution in [0.25, 0.3) is 0 Å². The number of pyridine rings is 1. The number of carbonyl (C=O) groups is 1. The van der Waals surface area contributed by atoms with Crippen molar-refractivity contribution in [3.63, 3.8) is 0 Å². The molecule has 1 aromatic carbocycles. The Hall–Kier alpha value is -2.20. The first-order valence-electron chi connectivity index (χ1n) is 7.14. The van der Waals surface area contributed by atoms with Crippen molar-refractivity contribution < 1.29 is 9.90 Å². The van der Waals surface area contributed by atoms with Gasteiger partial charge in [-0.3, -0.25) is 14.7 Å². The lowest BCUT2D eigenvalue weighted by atomic mass is 9.89. The molecule has 2 atom stereocenters. The molecule has 0 unspecified atom stereocenters. The Bertz CT molecular complexity index is 601. The molecule has 2 aromatic rings. The van der Waals surface area contributed by atoms with Crippen LogP contribution in [0.5, 0.6) is 0 Å². The standard InChI is InChI=1S/C17H18N2O2/c20-17(21)16-12-19(10-14-8-4-5-9-18-14)11-15(16)13-6-2-1-3-7-13/h1-9,15-16H,10-12H2,(H,20,21)/t15-,16+/m0/s1. The predicted molar refractivity (Wildman–Crippen MR) is 79.8 cm³/mol. The minimum absolute atomic E-state index is 0.0485. The van der Waals surface area contributed by atoms with Gasteiger partial charge in [0.15, 0.2) is 0 Å². The number of aromatic nitrogens is 1. The zero-order chi connectivity index (χ0) is 14.7. The molecule has 1 saturated heterocycles. The first-order chi connectivity index (χ1) is 10.2. The van der Waals surface area contributed by atoms with Gasteiger partial charge in [-0.1, -0.05) is 36.4 Å². The van der Waals surface area contributed by atoms with E-state index in [0.717, 1.165) is 17.8 Å². The molecular formula is C17H18N2O2. The molecule has 21 heavy (non-hydrogen) atoms. The number of hydrogen-bond acceptors (Lipinski definition) is 3. The average Bonchev–Trinajstić information content (AvgIpc) is 2.93. The molecule has 0 saturated carbocycles. The summed E-state index contributed by atoms with van der Waals surface area (Å²) in [4.78, 5) is 18.0. The van der Waals surface area contributed by atoms with Crippen LogP contribution in [-0.2, 0) is 11.3 Å². The predicted octanol–water partition coefficient (Wildman–Crippen LogP) is 2.38. The number of carboxylic acid groups (broad SMARTS) is 1. The van der Waals surface area contributed by atoms with E-state index >= 15 is 0 Å². The molecule has 0 bridgehead atoms. The highest BCUT2D eigenvalue weighted by Crippen LogP contribution is 2.33. The fourth-order valence-corrected chi connectivity index (χ4v) is 3.02. The maximum atomic E-state index is 11.5. The molecule has 1 aromatic heterocycles. The van der Waals surface area contributed by atoms with E-state index in [4.69, 9.17) is 0 Å². The van der Waals surface area contributed by atoms with Gasteiger partial charge in [0.25, 0.3) is 0 Å². The van der Waals surface area contributed by atoms with Gasteiger partial charge in [-0.2, -0.15) is 0 Å². The van der Waals surface area contributed by atoms with Crippen molar-refractivity contribution in [1.29, 1.82) is 0 Å². The number of rotatable bonds is 4. The molecule has 1 fully saturated rings. The second-order valence-corrected chi connectivity index (χ2v) is 5.48. The summed E-state index contributed by atoms with van der Waals surface area (Å²) in [5.41, 5.74) is 2.09. The Morgan fingerprint density at radius 3 is 2.57 bits per heavy atom. The molecule has 1 aliphatic heterocycles. The highest BCUT2D eigenvalue weighted by Gasteiger charge is 2.38. The van der Waals surface area contributed by atoms with E-state index in [-0.39, 0.29) is 11.8 Å². The van der Waals surface area contributed by atoms with E-state index in [1.165, 1.54) is 0 Å². The minimum Gasteiger partial charge on any atom is -0.481 e. The maximum absolute atomic E-state index is 11.5. The summed E-state index contributed by atoms with van der Waals surface area (Å²) in [5, 5.41) is 9.49. The molecule has 4 nitrogen and oxygen atoms in total. The summed E-state index contributed by atoms with van der Waals surface area (Å²) in [6, 6.07) is 15.8. The molecule has 2 heterocycles. The molecular weight excluding hydrogens is 264 g/mol. The van der Waals surface area contributed by atoms with E-state index in [1.807, 2.05) is 48.5 Å². The first-order valence-corrected chi connectivity index (χ1v) is 7.14. The normalized spacial score (nSPS) is 22.3. The van der Waals surface area contributed by atoms with E-state index in [9.17, 15) is 9.90 Å². The quantitative estimate of drug-likeness (QED) is 0.935. The van der Waals surface area contributed by atoms with E-state index < -0.39 is 5.97 Å². The Balaban J connectivity index is 1.77. The summed E-state index contributed by atoms with van der Waals surface area (Å²) in [6.07, 6.45) is 1.77. The van der Waals surface area contributed by atoms with Gasteiger partial charge in [-0.25, -0.2) is 0 Å². The van der Waals surface area contributed by atoms with Crippen LogP contribution in [0.4, 0.5) is 0 Å². The third-order valence-electron chi connectivity index (χ3n) is 4.05. The van der Waals surface area contributed by atoms with Crippen LogP contribution in [0, 0.1) is 5.92 Å². The maximum Gasteiger partial charge on any atom is 0.308 e.